The molecule has 2 N–H and O–H groups in total. The van der Waals surface area contributed by atoms with Crippen molar-refractivity contribution in [2.24, 2.45) is 0 Å². The molecule has 1 aliphatic heterocycles. The van der Waals surface area contributed by atoms with Gasteiger partial charge in [-0.05, 0) is 44.4 Å². The number of ketones is 1. The Hall–Kier alpha value is -4.15. The molecule has 1 saturated carbocycles. The van der Waals surface area contributed by atoms with E-state index in [1.54, 1.807) is 30.0 Å². The fourth-order valence-electron chi connectivity index (χ4n) is 5.67. The number of methoxy groups -OCH3 is 1. The molecule has 0 aromatic carbocycles. The van der Waals surface area contributed by atoms with E-state index in [-0.39, 0.29) is 55.2 Å². The first-order valence-corrected chi connectivity index (χ1v) is 15.9. The largest absolute Gasteiger partial charge is 0.446 e. The van der Waals surface area contributed by atoms with Crippen molar-refractivity contribution in [3.05, 3.63) is 46.0 Å². The Morgan fingerprint density at radius 2 is 1.77 bits per heavy atom. The lowest BCUT2D eigenvalue weighted by molar-refractivity contribution is 0.101. The van der Waals surface area contributed by atoms with Crippen molar-refractivity contribution in [3.8, 4) is 0 Å². The number of Topliss-reactive ketones (excluding diaryl/α,β-unsaturated/α-hetero) is 1. The van der Waals surface area contributed by atoms with Gasteiger partial charge in [0.1, 0.15) is 18.1 Å². The zero-order valence-electron chi connectivity index (χ0n) is 24.9. The van der Waals surface area contributed by atoms with Crippen molar-refractivity contribution in [2.75, 3.05) is 56.7 Å². The molecule has 4 heterocycles. The van der Waals surface area contributed by atoms with Gasteiger partial charge in [-0.15, -0.1) is 0 Å². The Kier molecular flexibility index (Phi) is 9.41. The number of pyridine rings is 2. The van der Waals surface area contributed by atoms with E-state index in [4.69, 9.17) is 14.5 Å². The number of amides is 1. The van der Waals surface area contributed by atoms with E-state index in [1.807, 2.05) is 15.7 Å². The number of nitrogens with one attached hydrogen (secondary N) is 2. The van der Waals surface area contributed by atoms with Gasteiger partial charge in [0, 0.05) is 50.9 Å². The van der Waals surface area contributed by atoms with Crippen LogP contribution in [0.2, 0.25) is 0 Å². The summed E-state index contributed by atoms with van der Waals surface area (Å²) in [4.78, 5) is 53.2. The van der Waals surface area contributed by atoms with Crippen molar-refractivity contribution < 1.29 is 27.5 Å². The Morgan fingerprint density at radius 1 is 1.05 bits per heavy atom. The van der Waals surface area contributed by atoms with Gasteiger partial charge in [0.2, 0.25) is 5.95 Å². The predicted octanol–water partition coefficient (Wildman–Crippen LogP) is 2.30. The Balaban J connectivity index is 1.27. The number of rotatable bonds is 10. The van der Waals surface area contributed by atoms with Gasteiger partial charge in [-0.3, -0.25) is 14.2 Å². The summed E-state index contributed by atoms with van der Waals surface area (Å²) < 4.78 is 39.4. The minimum absolute atomic E-state index is 0.0233. The monoisotopic (exact) mass is 628 g/mol. The Labute approximate surface area is 254 Å². The highest BCUT2D eigenvalue weighted by Gasteiger charge is 2.29. The molecular formula is C28H36N8O7S. The first-order valence-electron chi connectivity index (χ1n) is 14.4. The maximum atomic E-state index is 13.4. The average Bonchev–Trinajstić information content (AvgIpc) is 3.52. The number of carbonyl (C=O) groups is 2. The van der Waals surface area contributed by atoms with Crippen LogP contribution in [0.4, 0.5) is 22.2 Å². The number of carbonyl (C=O) groups excluding carboxylic acids is 2. The second kappa shape index (κ2) is 13.2. The fourth-order valence-corrected chi connectivity index (χ4v) is 6.72. The highest BCUT2D eigenvalue weighted by atomic mass is 32.2. The van der Waals surface area contributed by atoms with Crippen LogP contribution in [0.1, 0.15) is 54.6 Å². The molecule has 3 aromatic rings. The molecule has 236 valence electrons. The molecule has 0 radical (unpaired) electrons. The average molecular weight is 629 g/mol. The van der Waals surface area contributed by atoms with Crippen molar-refractivity contribution in [2.45, 2.75) is 45.6 Å². The summed E-state index contributed by atoms with van der Waals surface area (Å²) in [7, 11) is -2.59. The SMILES string of the molecule is COCCOC(=O)NS(=O)(=O)N1CCN(c2ccc(Nc3ncc4c(C)c(C(C)=O)c(=O)n(C5CCCC5)c4n3)nc2)CC1. The van der Waals surface area contributed by atoms with Crippen LogP contribution in [0.25, 0.3) is 11.0 Å². The van der Waals surface area contributed by atoms with Crippen LogP contribution in [-0.4, -0.2) is 90.6 Å². The zero-order chi connectivity index (χ0) is 31.4. The minimum Gasteiger partial charge on any atom is -0.446 e. The number of aromatic nitrogens is 4. The lowest BCUT2D eigenvalue weighted by Gasteiger charge is -2.34. The third kappa shape index (κ3) is 6.66. The van der Waals surface area contributed by atoms with Gasteiger partial charge in [0.15, 0.2) is 5.78 Å². The molecule has 1 aliphatic carbocycles. The second-order valence-corrected chi connectivity index (χ2v) is 12.4. The van der Waals surface area contributed by atoms with Gasteiger partial charge in [0.05, 0.1) is 24.1 Å². The Morgan fingerprint density at radius 3 is 2.41 bits per heavy atom. The molecule has 5 rings (SSSR count). The summed E-state index contributed by atoms with van der Waals surface area (Å²) in [6.07, 6.45) is 5.97. The number of nitrogens with zero attached hydrogens (tertiary/aromatic N) is 6. The van der Waals surface area contributed by atoms with Gasteiger partial charge in [-0.1, -0.05) is 12.8 Å². The maximum absolute atomic E-state index is 13.4. The van der Waals surface area contributed by atoms with Crippen LogP contribution in [0.3, 0.4) is 0 Å². The highest BCUT2D eigenvalue weighted by molar-refractivity contribution is 7.87. The van der Waals surface area contributed by atoms with Gasteiger partial charge in [-0.2, -0.15) is 17.7 Å². The Bertz CT molecular complexity index is 1700. The van der Waals surface area contributed by atoms with E-state index in [2.05, 4.69) is 15.3 Å². The molecule has 15 nitrogen and oxygen atoms in total. The number of hydrogen-bond donors (Lipinski definition) is 2. The van der Waals surface area contributed by atoms with Crippen LogP contribution in [0.15, 0.2) is 29.3 Å². The molecule has 2 fully saturated rings. The first kappa shape index (κ1) is 31.3. The highest BCUT2D eigenvalue weighted by Crippen LogP contribution is 2.32. The smallest absolute Gasteiger partial charge is 0.422 e. The van der Waals surface area contributed by atoms with Crippen LogP contribution >= 0.6 is 0 Å². The van der Waals surface area contributed by atoms with Crippen LogP contribution in [0, 0.1) is 6.92 Å². The van der Waals surface area contributed by atoms with E-state index < -0.39 is 16.3 Å². The van der Waals surface area contributed by atoms with Crippen LogP contribution < -0.4 is 20.5 Å². The van der Waals surface area contributed by atoms with Crippen molar-refractivity contribution in [3.63, 3.8) is 0 Å². The van der Waals surface area contributed by atoms with Gasteiger partial charge in [0.25, 0.3) is 5.56 Å². The third-order valence-electron chi connectivity index (χ3n) is 7.91. The van der Waals surface area contributed by atoms with E-state index in [0.29, 0.717) is 35.5 Å². The number of anilines is 3. The quantitative estimate of drug-likeness (QED) is 0.248. The second-order valence-electron chi connectivity index (χ2n) is 10.7. The number of hydrogen-bond acceptors (Lipinski definition) is 12. The number of fused-ring (bicyclic) bond motifs is 1. The molecule has 0 bridgehead atoms. The summed E-state index contributed by atoms with van der Waals surface area (Å²) in [5.41, 5.74) is 1.73. The summed E-state index contributed by atoms with van der Waals surface area (Å²) in [5, 5.41) is 3.76. The third-order valence-corrected chi connectivity index (χ3v) is 9.38. The van der Waals surface area contributed by atoms with Crippen LogP contribution in [-0.2, 0) is 19.7 Å². The van der Waals surface area contributed by atoms with E-state index in [9.17, 15) is 22.8 Å². The van der Waals surface area contributed by atoms with Crippen LogP contribution in [0.5, 0.6) is 0 Å². The lowest BCUT2D eigenvalue weighted by atomic mass is 10.0. The van der Waals surface area contributed by atoms with E-state index in [1.165, 1.54) is 18.3 Å². The van der Waals surface area contributed by atoms with E-state index in [0.717, 1.165) is 31.4 Å². The molecular weight excluding hydrogens is 592 g/mol. The summed E-state index contributed by atoms with van der Waals surface area (Å²) in [6.45, 7) is 4.38. The zero-order valence-corrected chi connectivity index (χ0v) is 25.7. The molecule has 44 heavy (non-hydrogen) atoms. The summed E-state index contributed by atoms with van der Waals surface area (Å²) in [6, 6.07) is 3.59. The molecule has 1 amide bonds. The van der Waals surface area contributed by atoms with Gasteiger partial charge >= 0.3 is 16.3 Å². The standard InChI is InChI=1S/C28H36N8O7S/c1-18-22-17-30-27(32-25(22)36(20-6-4-5-7-20)26(38)24(18)19(2)37)31-23-9-8-21(16-29-23)34-10-12-35(13-11-34)44(40,41)33-28(39)43-15-14-42-3/h8-9,16-17,20H,4-7,10-15H2,1-3H3,(H,33,39)(H,29,30,31,32). The van der Waals surface area contributed by atoms with Crippen molar-refractivity contribution >= 4 is 50.6 Å². The summed E-state index contributed by atoms with van der Waals surface area (Å²) in [5.74, 6) is 0.481. The molecule has 0 atom stereocenters. The maximum Gasteiger partial charge on any atom is 0.422 e. The number of ether oxygens (including phenoxy) is 2. The van der Waals surface area contributed by atoms with Crippen molar-refractivity contribution in [1.82, 2.24) is 28.5 Å². The molecule has 2 aliphatic rings. The van der Waals surface area contributed by atoms with Crippen molar-refractivity contribution in [1.29, 1.82) is 0 Å². The topological polar surface area (TPSA) is 178 Å². The fraction of sp³-hybridized carbons (Fsp3) is 0.500. The first-order chi connectivity index (χ1) is 21.1. The summed E-state index contributed by atoms with van der Waals surface area (Å²) >= 11 is 0. The molecule has 0 spiro atoms. The molecule has 1 saturated heterocycles. The van der Waals surface area contributed by atoms with Gasteiger partial charge < -0.3 is 19.7 Å². The van der Waals surface area contributed by atoms with E-state index >= 15 is 0 Å². The molecule has 3 aromatic heterocycles. The number of piperazine rings is 1. The predicted molar refractivity (Wildman–Crippen MR) is 163 cm³/mol. The molecule has 0 unspecified atom stereocenters. The minimum atomic E-state index is -4.04. The lowest BCUT2D eigenvalue weighted by Crippen LogP contribution is -2.53. The number of aryl methyl sites for hydroxylation is 1. The van der Waals surface area contributed by atoms with Gasteiger partial charge in [-0.25, -0.2) is 19.5 Å². The normalized spacial score (nSPS) is 16.3. The molecule has 16 heteroatoms.